The number of guanidine groups is 1. The van der Waals surface area contributed by atoms with Crippen LogP contribution in [-0.4, -0.2) is 68.9 Å². The third-order valence-electron chi connectivity index (χ3n) is 4.32. The zero-order valence-corrected chi connectivity index (χ0v) is 17.9. The van der Waals surface area contributed by atoms with E-state index in [9.17, 15) is 4.79 Å². The highest BCUT2D eigenvalue weighted by atomic mass is 32.1. The number of amides is 1. The van der Waals surface area contributed by atoms with E-state index in [-0.39, 0.29) is 6.09 Å². The molecule has 2 N–H and O–H groups in total. The van der Waals surface area contributed by atoms with Gasteiger partial charge in [0.25, 0.3) is 0 Å². The van der Waals surface area contributed by atoms with Crippen LogP contribution in [0.4, 0.5) is 9.80 Å². The Balaban J connectivity index is 1.68. The molecule has 1 aromatic rings. The molecular formula is C19H33N5O2S. The van der Waals surface area contributed by atoms with E-state index in [4.69, 9.17) is 4.74 Å². The van der Waals surface area contributed by atoms with Gasteiger partial charge in [-0.05, 0) is 51.1 Å². The summed E-state index contributed by atoms with van der Waals surface area (Å²) in [5.41, 5.74) is -0.478. The molecule has 152 valence electrons. The van der Waals surface area contributed by atoms with Gasteiger partial charge in [0, 0.05) is 46.3 Å². The lowest BCUT2D eigenvalue weighted by Gasteiger charge is -2.33. The summed E-state index contributed by atoms with van der Waals surface area (Å²) in [5, 5.41) is 10.2. The van der Waals surface area contributed by atoms with Crippen molar-refractivity contribution in [2.24, 2.45) is 4.99 Å². The van der Waals surface area contributed by atoms with E-state index in [2.05, 4.69) is 38.0 Å². The summed E-state index contributed by atoms with van der Waals surface area (Å²) in [5.74, 6) is 0.780. The molecule has 1 aromatic heterocycles. The van der Waals surface area contributed by atoms with Crippen LogP contribution >= 0.6 is 11.3 Å². The van der Waals surface area contributed by atoms with E-state index >= 15 is 0 Å². The first-order valence-corrected chi connectivity index (χ1v) is 10.4. The number of rotatable bonds is 5. The highest BCUT2D eigenvalue weighted by molar-refractivity contribution is 7.14. The second-order valence-electron chi connectivity index (χ2n) is 7.76. The van der Waals surface area contributed by atoms with E-state index in [1.54, 1.807) is 30.3 Å². The second kappa shape index (κ2) is 9.82. The molecule has 8 heteroatoms. The summed E-state index contributed by atoms with van der Waals surface area (Å²) in [6, 6.07) is 4.70. The van der Waals surface area contributed by atoms with Crippen molar-refractivity contribution in [3.8, 4) is 0 Å². The normalized spacial score (nSPS) is 16.2. The number of anilines is 1. The molecule has 1 fully saturated rings. The van der Waals surface area contributed by atoms with E-state index in [1.165, 1.54) is 5.00 Å². The van der Waals surface area contributed by atoms with Crippen LogP contribution in [-0.2, 0) is 4.74 Å². The molecule has 1 saturated heterocycles. The number of hydrogen-bond donors (Lipinski definition) is 2. The Bertz CT molecular complexity index is 604. The number of carbonyl (C=O) groups is 1. The van der Waals surface area contributed by atoms with Crippen LogP contribution in [0.5, 0.6) is 0 Å². The Morgan fingerprint density at radius 2 is 2.11 bits per heavy atom. The van der Waals surface area contributed by atoms with Crippen molar-refractivity contribution in [1.82, 2.24) is 15.5 Å². The van der Waals surface area contributed by atoms with Crippen molar-refractivity contribution in [3.63, 3.8) is 0 Å². The molecule has 1 aliphatic rings. The van der Waals surface area contributed by atoms with Crippen LogP contribution in [0.1, 0.15) is 33.6 Å². The van der Waals surface area contributed by atoms with Crippen LogP contribution in [0.2, 0.25) is 0 Å². The number of ether oxygens (including phenoxy) is 1. The Labute approximate surface area is 166 Å². The van der Waals surface area contributed by atoms with Gasteiger partial charge >= 0.3 is 6.09 Å². The third-order valence-corrected chi connectivity index (χ3v) is 5.25. The summed E-state index contributed by atoms with van der Waals surface area (Å²) in [6.07, 6.45) is 1.85. The summed E-state index contributed by atoms with van der Waals surface area (Å²) in [7, 11) is 3.51. The average Bonchev–Trinajstić information content (AvgIpc) is 3.14. The Morgan fingerprint density at radius 1 is 1.41 bits per heavy atom. The highest BCUT2D eigenvalue weighted by Crippen LogP contribution is 2.24. The van der Waals surface area contributed by atoms with E-state index < -0.39 is 5.60 Å². The summed E-state index contributed by atoms with van der Waals surface area (Å²) in [6.45, 7) is 8.87. The maximum atomic E-state index is 12.0. The molecule has 27 heavy (non-hydrogen) atoms. The van der Waals surface area contributed by atoms with Gasteiger partial charge in [-0.2, -0.15) is 0 Å². The molecule has 0 bridgehead atoms. The second-order valence-corrected chi connectivity index (χ2v) is 8.68. The first-order chi connectivity index (χ1) is 12.8. The molecule has 1 aliphatic heterocycles. The average molecular weight is 396 g/mol. The molecule has 0 aliphatic carbocycles. The van der Waals surface area contributed by atoms with Crippen molar-refractivity contribution >= 4 is 28.4 Å². The van der Waals surface area contributed by atoms with Crippen molar-refractivity contribution in [2.45, 2.75) is 45.3 Å². The number of likely N-dealkylation sites (N-methyl/N-ethyl adjacent to an activating group) is 1. The van der Waals surface area contributed by atoms with Gasteiger partial charge in [-0.3, -0.25) is 4.99 Å². The first-order valence-electron chi connectivity index (χ1n) is 9.48. The quantitative estimate of drug-likeness (QED) is 0.593. The van der Waals surface area contributed by atoms with Crippen LogP contribution in [0.3, 0.4) is 0 Å². The molecule has 0 saturated carbocycles. The van der Waals surface area contributed by atoms with Gasteiger partial charge in [0.2, 0.25) is 0 Å². The monoisotopic (exact) mass is 395 g/mol. The number of nitrogens with zero attached hydrogens (tertiary/aromatic N) is 3. The highest BCUT2D eigenvalue weighted by Gasteiger charge is 2.21. The van der Waals surface area contributed by atoms with Gasteiger partial charge in [-0.1, -0.05) is 0 Å². The molecular weight excluding hydrogens is 362 g/mol. The number of carbonyl (C=O) groups excluding carboxylic acids is 1. The lowest BCUT2D eigenvalue weighted by molar-refractivity contribution is 0.0302. The van der Waals surface area contributed by atoms with Gasteiger partial charge < -0.3 is 25.2 Å². The van der Waals surface area contributed by atoms with Crippen LogP contribution < -0.4 is 15.5 Å². The summed E-state index contributed by atoms with van der Waals surface area (Å²) in [4.78, 5) is 20.3. The molecule has 0 spiro atoms. The van der Waals surface area contributed by atoms with Gasteiger partial charge in [0.1, 0.15) is 5.60 Å². The lowest BCUT2D eigenvalue weighted by atomic mass is 10.1. The van der Waals surface area contributed by atoms with Crippen molar-refractivity contribution in [1.29, 1.82) is 0 Å². The molecule has 0 atom stereocenters. The molecule has 2 rings (SSSR count). The zero-order valence-electron chi connectivity index (χ0n) is 17.1. The number of nitrogens with one attached hydrogen (secondary N) is 2. The number of hydrogen-bond acceptors (Lipinski definition) is 5. The van der Waals surface area contributed by atoms with Gasteiger partial charge in [0.05, 0.1) is 5.00 Å². The topological polar surface area (TPSA) is 69.2 Å². The SMILES string of the molecule is CN=C(NCCN(C)C(=O)OC(C)(C)C)NC1CCN(c2cccs2)CC1. The molecule has 0 unspecified atom stereocenters. The van der Waals surface area contributed by atoms with E-state index in [0.29, 0.717) is 19.1 Å². The fourth-order valence-electron chi connectivity index (χ4n) is 2.86. The maximum Gasteiger partial charge on any atom is 0.410 e. The number of piperidine rings is 1. The first kappa shape index (κ1) is 21.3. The predicted octanol–water partition coefficient (Wildman–Crippen LogP) is 2.75. The van der Waals surface area contributed by atoms with Crippen molar-refractivity contribution in [3.05, 3.63) is 17.5 Å². The number of thiophene rings is 1. The van der Waals surface area contributed by atoms with Crippen molar-refractivity contribution < 1.29 is 9.53 Å². The minimum Gasteiger partial charge on any atom is -0.444 e. The molecule has 0 radical (unpaired) electrons. The standard InChI is InChI=1S/C19H33N5O2S/c1-19(2,3)26-18(25)23(5)13-10-21-17(20-4)22-15-8-11-24(12-9-15)16-7-6-14-27-16/h6-7,14-15H,8-13H2,1-5H3,(H2,20,21,22). The Morgan fingerprint density at radius 3 is 2.67 bits per heavy atom. The molecule has 7 nitrogen and oxygen atoms in total. The predicted molar refractivity (Wildman–Crippen MR) is 113 cm³/mol. The van der Waals surface area contributed by atoms with Crippen LogP contribution in [0.25, 0.3) is 0 Å². The molecule has 0 aromatic carbocycles. The molecule has 1 amide bonds. The van der Waals surface area contributed by atoms with Crippen LogP contribution in [0, 0.1) is 0 Å². The summed E-state index contributed by atoms with van der Waals surface area (Å²) < 4.78 is 5.36. The Hall–Kier alpha value is -1.96. The maximum absolute atomic E-state index is 12.0. The minimum atomic E-state index is -0.478. The smallest absolute Gasteiger partial charge is 0.410 e. The zero-order chi connectivity index (χ0) is 19.9. The van der Waals surface area contributed by atoms with Crippen molar-refractivity contribution in [2.75, 3.05) is 45.2 Å². The third kappa shape index (κ3) is 7.28. The fraction of sp³-hybridized carbons (Fsp3) is 0.684. The molecule has 2 heterocycles. The van der Waals surface area contributed by atoms with E-state index in [1.807, 2.05) is 20.8 Å². The van der Waals surface area contributed by atoms with Gasteiger partial charge in [-0.25, -0.2) is 4.79 Å². The fourth-order valence-corrected chi connectivity index (χ4v) is 3.64. The largest absolute Gasteiger partial charge is 0.444 e. The Kier molecular flexibility index (Phi) is 7.77. The van der Waals surface area contributed by atoms with E-state index in [0.717, 1.165) is 31.9 Å². The van der Waals surface area contributed by atoms with Gasteiger partial charge in [0.15, 0.2) is 5.96 Å². The summed E-state index contributed by atoms with van der Waals surface area (Å²) >= 11 is 1.80. The van der Waals surface area contributed by atoms with Crippen LogP contribution in [0.15, 0.2) is 22.5 Å². The van der Waals surface area contributed by atoms with Gasteiger partial charge in [-0.15, -0.1) is 11.3 Å². The lowest BCUT2D eigenvalue weighted by Crippen LogP contribution is -2.50. The number of aliphatic imine (C=N–C) groups is 1. The minimum absolute atomic E-state index is 0.312.